The second-order valence-corrected chi connectivity index (χ2v) is 5.99. The van der Waals surface area contributed by atoms with Gasteiger partial charge in [0.1, 0.15) is 11.3 Å². The van der Waals surface area contributed by atoms with E-state index in [0.717, 1.165) is 0 Å². The number of carbonyl (C=O) groups excluding carboxylic acids is 1. The first-order valence-corrected chi connectivity index (χ1v) is 7.79. The van der Waals surface area contributed by atoms with Gasteiger partial charge in [0.05, 0.1) is 5.69 Å². The molecule has 0 atom stereocenters. The summed E-state index contributed by atoms with van der Waals surface area (Å²) in [6, 6.07) is 0. The fourth-order valence-electron chi connectivity index (χ4n) is 2.65. The quantitative estimate of drug-likeness (QED) is 0.131. The predicted octanol–water partition coefficient (Wildman–Crippen LogP) is 4.84. The summed E-state index contributed by atoms with van der Waals surface area (Å²) in [5.74, 6) is -13.1. The molecule has 29 heavy (non-hydrogen) atoms. The molecule has 2 aromatic rings. The van der Waals surface area contributed by atoms with Gasteiger partial charge in [-0.1, -0.05) is 19.2 Å². The third-order valence-corrected chi connectivity index (χ3v) is 4.02. The third kappa shape index (κ3) is 3.94. The molecule has 0 aliphatic carbocycles. The van der Waals surface area contributed by atoms with Crippen molar-refractivity contribution >= 4 is 5.78 Å². The van der Waals surface area contributed by atoms with Gasteiger partial charge in [-0.25, -0.2) is 22.0 Å². The van der Waals surface area contributed by atoms with Crippen LogP contribution in [-0.4, -0.2) is 20.7 Å². The van der Waals surface area contributed by atoms with Crippen molar-refractivity contribution in [2.45, 2.75) is 20.8 Å². The number of allylic oxidation sites excluding steroid dienone is 4. The first kappa shape index (κ1) is 24.4. The molecule has 1 aromatic heterocycles. The molecular weight excluding hydrogens is 449 g/mol. The van der Waals surface area contributed by atoms with Crippen LogP contribution in [-0.2, 0) is 19.5 Å². The van der Waals surface area contributed by atoms with E-state index in [9.17, 15) is 31.9 Å². The van der Waals surface area contributed by atoms with Gasteiger partial charge in [-0.15, -0.1) is 0 Å². The van der Waals surface area contributed by atoms with Gasteiger partial charge in [0.15, 0.2) is 23.3 Å². The van der Waals surface area contributed by atoms with Crippen molar-refractivity contribution in [1.82, 2.24) is 9.78 Å². The van der Waals surface area contributed by atoms with E-state index in [1.165, 1.54) is 19.9 Å². The Kier molecular flexibility index (Phi) is 7.43. The molecule has 1 aromatic carbocycles. The van der Waals surface area contributed by atoms with Gasteiger partial charge in [0.2, 0.25) is 17.5 Å². The molecule has 0 aliphatic heterocycles. The molecule has 0 unspecified atom stereocenters. The fraction of sp³-hybridized carbons (Fsp3) is 0.158. The van der Waals surface area contributed by atoms with E-state index in [0.29, 0.717) is 11.1 Å². The largest absolute Gasteiger partial charge is 0.493 e. The van der Waals surface area contributed by atoms with Gasteiger partial charge in [-0.3, -0.25) is 4.79 Å². The second kappa shape index (κ2) is 8.82. The van der Waals surface area contributed by atoms with Crippen LogP contribution in [0.25, 0.3) is 5.69 Å². The van der Waals surface area contributed by atoms with E-state index in [2.05, 4.69) is 18.3 Å². The zero-order valence-corrected chi connectivity index (χ0v) is 18.8. The minimum absolute atomic E-state index is 0. The van der Waals surface area contributed by atoms with Gasteiger partial charge in [-0.2, -0.15) is 9.78 Å². The Hall–Kier alpha value is -2.61. The summed E-state index contributed by atoms with van der Waals surface area (Å²) in [5, 5.41) is 13.9. The Morgan fingerprint density at radius 1 is 1.03 bits per heavy atom. The maximum atomic E-state index is 14.1. The zero-order valence-electron chi connectivity index (χ0n) is 15.8. The fourth-order valence-corrected chi connectivity index (χ4v) is 2.65. The summed E-state index contributed by atoms with van der Waals surface area (Å²) in [5.41, 5.74) is -1.39. The van der Waals surface area contributed by atoms with Gasteiger partial charge in [0, 0.05) is 25.1 Å². The molecule has 0 saturated carbocycles. The van der Waals surface area contributed by atoms with Gasteiger partial charge >= 0.3 is 0 Å². The number of benzene rings is 1. The van der Waals surface area contributed by atoms with Crippen LogP contribution in [0.5, 0.6) is 5.88 Å². The van der Waals surface area contributed by atoms with Crippen molar-refractivity contribution < 1.29 is 51.3 Å². The maximum Gasteiger partial charge on any atom is 0.226 e. The number of hydrogen-bond acceptors (Lipinski definition) is 3. The van der Waals surface area contributed by atoms with Crippen molar-refractivity contribution in [3.05, 3.63) is 76.3 Å². The summed E-state index contributed by atoms with van der Waals surface area (Å²) >= 11 is 0. The van der Waals surface area contributed by atoms with E-state index in [4.69, 9.17) is 0 Å². The van der Waals surface area contributed by atoms with Gasteiger partial charge in [0.25, 0.3) is 0 Å². The second-order valence-electron chi connectivity index (χ2n) is 5.99. The Morgan fingerprint density at radius 2 is 1.48 bits per heavy atom. The third-order valence-electron chi connectivity index (χ3n) is 4.02. The monoisotopic (exact) mass is 462 g/mol. The van der Waals surface area contributed by atoms with Gasteiger partial charge < -0.3 is 5.11 Å². The Balaban J connectivity index is 0.00000420. The van der Waals surface area contributed by atoms with Crippen LogP contribution >= 0.6 is 0 Å². The van der Waals surface area contributed by atoms with Crippen LogP contribution in [0.15, 0.2) is 36.0 Å². The molecule has 150 valence electrons. The van der Waals surface area contributed by atoms with Crippen molar-refractivity contribution in [1.29, 1.82) is 0 Å². The first-order chi connectivity index (χ1) is 12.9. The number of ketones is 1. The number of aromatic hydroxyl groups is 1. The topological polar surface area (TPSA) is 55.1 Å². The molecule has 10 heteroatoms. The molecular formula is C19H15F5N2O2Zn. The molecule has 1 heterocycles. The number of carbonyl (C=O) groups is 1. The number of aryl methyl sites for hydroxylation is 1. The van der Waals surface area contributed by atoms with Crippen LogP contribution in [0, 0.1) is 36.0 Å². The summed E-state index contributed by atoms with van der Waals surface area (Å²) in [4.78, 5) is 12.9. The summed E-state index contributed by atoms with van der Waals surface area (Å²) in [7, 11) is 0. The standard InChI is InChI=1S/C19H15F5N2O2.Zn/c1-6-8(4)10(7(2)3)18(27)11-9(5)25-26(19(11)28)17-15(23)13(21)12(20)14(22)16(17)24;/h6,28H,1-2H2,3-5H3;/b10-8+;. The van der Waals surface area contributed by atoms with Crippen LogP contribution < -0.4 is 0 Å². The first-order valence-electron chi connectivity index (χ1n) is 7.79. The molecule has 0 aliphatic rings. The number of halogens is 5. The van der Waals surface area contributed by atoms with E-state index in [1.807, 2.05) is 0 Å². The minimum atomic E-state index is -2.35. The van der Waals surface area contributed by atoms with Crippen LogP contribution in [0.3, 0.4) is 0 Å². The van der Waals surface area contributed by atoms with E-state index in [1.54, 1.807) is 6.92 Å². The van der Waals surface area contributed by atoms with Crippen molar-refractivity contribution in [2.24, 2.45) is 0 Å². The van der Waals surface area contributed by atoms with Crippen molar-refractivity contribution in [3.63, 3.8) is 0 Å². The number of rotatable bonds is 5. The average Bonchev–Trinajstić information content (AvgIpc) is 2.92. The summed E-state index contributed by atoms with van der Waals surface area (Å²) in [6.07, 6.45) is 1.36. The normalized spacial score (nSPS) is 11.6. The number of nitrogens with zero attached hydrogens (tertiary/aromatic N) is 2. The zero-order chi connectivity index (χ0) is 21.5. The molecule has 0 amide bonds. The molecule has 0 saturated heterocycles. The van der Waals surface area contributed by atoms with E-state index < -0.39 is 52.0 Å². The maximum absolute atomic E-state index is 14.1. The summed E-state index contributed by atoms with van der Waals surface area (Å²) in [6.45, 7) is 11.5. The molecule has 4 nitrogen and oxygen atoms in total. The van der Waals surface area contributed by atoms with E-state index >= 15 is 0 Å². The molecule has 0 bridgehead atoms. The predicted molar refractivity (Wildman–Crippen MR) is 91.8 cm³/mol. The number of aromatic nitrogens is 2. The Morgan fingerprint density at radius 3 is 1.90 bits per heavy atom. The molecule has 1 N–H and O–H groups in total. The van der Waals surface area contributed by atoms with Crippen LogP contribution in [0.2, 0.25) is 0 Å². The van der Waals surface area contributed by atoms with Gasteiger partial charge in [-0.05, 0) is 31.9 Å². The molecule has 0 radical (unpaired) electrons. The average molecular weight is 464 g/mol. The van der Waals surface area contributed by atoms with Crippen molar-refractivity contribution in [3.8, 4) is 11.6 Å². The van der Waals surface area contributed by atoms with Crippen LogP contribution in [0.4, 0.5) is 22.0 Å². The van der Waals surface area contributed by atoms with E-state index in [-0.39, 0.29) is 35.4 Å². The smallest absolute Gasteiger partial charge is 0.226 e. The summed E-state index contributed by atoms with van der Waals surface area (Å²) < 4.78 is 68.5. The molecule has 0 fully saturated rings. The van der Waals surface area contributed by atoms with Crippen LogP contribution in [0.1, 0.15) is 29.9 Å². The number of hydrogen-bond donors (Lipinski definition) is 1. The Labute approximate surface area is 175 Å². The minimum Gasteiger partial charge on any atom is -0.493 e. The number of Topliss-reactive ketones (excluding diaryl/α,β-unsaturated/α-hetero) is 1. The van der Waals surface area contributed by atoms with Crippen molar-refractivity contribution in [2.75, 3.05) is 0 Å². The SMILES string of the molecule is C=C/C(C)=C(\C(=C)C)C(=O)c1c(C)nn(-c2c(F)c(F)c(F)c(F)c2F)c1O.[Zn]. The molecule has 0 spiro atoms. The Bertz CT molecular complexity index is 1040. The molecule has 2 rings (SSSR count).